The van der Waals surface area contributed by atoms with Crippen molar-refractivity contribution in [2.45, 2.75) is 0 Å². The average Bonchev–Trinajstić information content (AvgIpc) is 0.650. The fourth-order valence-corrected chi connectivity index (χ4v) is 0. The second-order valence-corrected chi connectivity index (χ2v) is 2.47. The summed E-state index contributed by atoms with van der Waals surface area (Å²) < 4.78 is 49.4. The Kier molecular flexibility index (Phi) is 0.901. The SMILES string of the molecule is [F][Al-2]([F])([F])([F])[F]. The van der Waals surface area contributed by atoms with Crippen molar-refractivity contribution in [2.75, 3.05) is 0 Å². The van der Waals surface area contributed by atoms with E-state index in [1.165, 1.54) is 0 Å². The molecule has 0 unspecified atom stereocenters. The number of rotatable bonds is 0. The average molecular weight is 122 g/mol. The summed E-state index contributed by atoms with van der Waals surface area (Å²) in [5, 5.41) is 0. The molecule has 0 saturated carbocycles. The minimum atomic E-state index is -8.95. The molecule has 0 rings (SSSR count). The van der Waals surface area contributed by atoms with Crippen LogP contribution in [0.1, 0.15) is 0 Å². The van der Waals surface area contributed by atoms with Crippen molar-refractivity contribution in [3.63, 3.8) is 0 Å². The van der Waals surface area contributed by atoms with E-state index in [-0.39, 0.29) is 0 Å². The molecule has 0 aromatic carbocycles. The summed E-state index contributed by atoms with van der Waals surface area (Å²) in [5.74, 6) is 0. The Balaban J connectivity index is 3.73. The van der Waals surface area contributed by atoms with Gasteiger partial charge in [0, 0.05) is 0 Å². The molecule has 0 aromatic heterocycles. The first kappa shape index (κ1) is 6.18. The first-order valence-corrected chi connectivity index (χ1v) is 3.27. The molecular weight excluding hydrogens is 122 g/mol. The number of halogens is 5. The molecule has 40 valence electrons. The fourth-order valence-electron chi connectivity index (χ4n) is 0. The van der Waals surface area contributed by atoms with Gasteiger partial charge in [0.05, 0.1) is 0 Å². The third kappa shape index (κ3) is 1270. The molecule has 6 heavy (non-hydrogen) atoms. The molecule has 0 aliphatic rings. The maximum atomic E-state index is 9.88. The van der Waals surface area contributed by atoms with Crippen LogP contribution >= 0.6 is 0 Å². The third-order valence-corrected chi connectivity index (χ3v) is 0. The van der Waals surface area contributed by atoms with Crippen LogP contribution in [-0.2, 0) is 0 Å². The van der Waals surface area contributed by atoms with Gasteiger partial charge >= 0.3 is 31.9 Å². The Morgan fingerprint density at radius 3 is 0.667 bits per heavy atom. The van der Waals surface area contributed by atoms with Crippen molar-refractivity contribution < 1.29 is 17.6 Å². The summed E-state index contributed by atoms with van der Waals surface area (Å²) in [5.41, 5.74) is 0. The molecule has 0 aromatic rings. The van der Waals surface area contributed by atoms with Crippen LogP contribution in [0.2, 0.25) is 0 Å². The summed E-state index contributed by atoms with van der Waals surface area (Å²) in [6, 6.07) is 0. The van der Waals surface area contributed by atoms with Crippen LogP contribution in [-0.4, -0.2) is 14.3 Å². The van der Waals surface area contributed by atoms with E-state index in [4.69, 9.17) is 0 Å². The van der Waals surface area contributed by atoms with Crippen molar-refractivity contribution >= 4 is 14.3 Å². The molecule has 0 fully saturated rings. The van der Waals surface area contributed by atoms with Crippen molar-refractivity contribution in [2.24, 2.45) is 0 Å². The van der Waals surface area contributed by atoms with E-state index in [1.807, 2.05) is 0 Å². The van der Waals surface area contributed by atoms with Crippen LogP contribution < -0.4 is 0 Å². The van der Waals surface area contributed by atoms with E-state index >= 15 is 0 Å². The van der Waals surface area contributed by atoms with Crippen molar-refractivity contribution in [3.05, 3.63) is 0 Å². The van der Waals surface area contributed by atoms with Crippen molar-refractivity contribution in [1.82, 2.24) is 0 Å². The zero-order valence-corrected chi connectivity index (χ0v) is 3.62. The van der Waals surface area contributed by atoms with Gasteiger partial charge in [0.2, 0.25) is 0 Å². The summed E-state index contributed by atoms with van der Waals surface area (Å²) in [6.45, 7) is 0. The monoisotopic (exact) mass is 122 g/mol. The predicted octanol–water partition coefficient (Wildman–Crippen LogP) is 1.72. The van der Waals surface area contributed by atoms with Gasteiger partial charge in [-0.1, -0.05) is 0 Å². The van der Waals surface area contributed by atoms with Crippen LogP contribution in [0.25, 0.3) is 0 Å². The Hall–Kier alpha value is 0.182. The van der Waals surface area contributed by atoms with Gasteiger partial charge in [0.25, 0.3) is 0 Å². The summed E-state index contributed by atoms with van der Waals surface area (Å²) >= 11 is -8.95. The van der Waals surface area contributed by atoms with Gasteiger partial charge < -0.3 is 0 Å². The first-order chi connectivity index (χ1) is 2.24. The molecule has 0 aliphatic carbocycles. The summed E-state index contributed by atoms with van der Waals surface area (Å²) in [6.07, 6.45) is 0. The number of hydrogen-bond donors (Lipinski definition) is 0. The van der Waals surface area contributed by atoms with Crippen LogP contribution in [0.3, 0.4) is 0 Å². The fraction of sp³-hybridized carbons (Fsp3) is 0. The van der Waals surface area contributed by atoms with Gasteiger partial charge in [-0.2, -0.15) is 0 Å². The normalized spacial score (nSPS) is 19.2. The Labute approximate surface area is 32.9 Å². The molecule has 0 nitrogen and oxygen atoms in total. The van der Waals surface area contributed by atoms with Crippen LogP contribution in [0.15, 0.2) is 0 Å². The molecule has 0 bridgehead atoms. The van der Waals surface area contributed by atoms with E-state index in [9.17, 15) is 17.6 Å². The molecule has 0 heterocycles. The van der Waals surface area contributed by atoms with E-state index in [1.54, 1.807) is 0 Å². The van der Waals surface area contributed by atoms with E-state index in [0.29, 0.717) is 0 Å². The van der Waals surface area contributed by atoms with Crippen molar-refractivity contribution in [1.29, 1.82) is 0 Å². The molecule has 0 atom stereocenters. The van der Waals surface area contributed by atoms with E-state index in [0.717, 1.165) is 0 Å². The Morgan fingerprint density at radius 2 is 0.667 bits per heavy atom. The predicted molar refractivity (Wildman–Crippen MR) is 11.3 cm³/mol. The second-order valence-electron chi connectivity index (χ2n) is 0.825. The first-order valence-electron chi connectivity index (χ1n) is 1.09. The Bertz CT molecular complexity index is 37.1. The van der Waals surface area contributed by atoms with Gasteiger partial charge in [0.15, 0.2) is 0 Å². The summed E-state index contributed by atoms with van der Waals surface area (Å²) in [7, 11) is 0. The molecular formula is AlF5-2. The molecule has 0 amide bonds. The number of hydrogen-bond acceptors (Lipinski definition) is 0. The summed E-state index contributed by atoms with van der Waals surface area (Å²) in [4.78, 5) is 0. The van der Waals surface area contributed by atoms with Crippen LogP contribution in [0, 0.1) is 0 Å². The van der Waals surface area contributed by atoms with Gasteiger partial charge in [-0.25, -0.2) is 0 Å². The quantitative estimate of drug-likeness (QED) is 0.339. The van der Waals surface area contributed by atoms with Crippen molar-refractivity contribution in [3.8, 4) is 0 Å². The van der Waals surface area contributed by atoms with E-state index in [2.05, 4.69) is 0 Å². The van der Waals surface area contributed by atoms with Gasteiger partial charge in [-0.15, -0.1) is 0 Å². The molecule has 0 N–H and O–H groups in total. The molecule has 0 radical (unpaired) electrons. The molecule has 6 heteroatoms. The van der Waals surface area contributed by atoms with Crippen LogP contribution in [0.5, 0.6) is 0 Å². The third-order valence-electron chi connectivity index (χ3n) is 0. The second kappa shape index (κ2) is 0.874. The molecule has 0 saturated heterocycles. The molecule has 0 aliphatic heterocycles. The maximum absolute atomic E-state index is 9.88. The standard InChI is InChI=1S/Al.5FH/h;5*1H/q+3;;;;;/p-5. The Morgan fingerprint density at radius 1 is 0.667 bits per heavy atom. The molecule has 0 spiro atoms. The van der Waals surface area contributed by atoms with Crippen LogP contribution in [0.4, 0.5) is 17.6 Å². The zero-order chi connectivity index (χ0) is 5.45. The van der Waals surface area contributed by atoms with Gasteiger partial charge in [0.1, 0.15) is 0 Å². The van der Waals surface area contributed by atoms with Gasteiger partial charge in [-0.05, 0) is 0 Å². The van der Waals surface area contributed by atoms with E-state index < -0.39 is 14.3 Å². The topological polar surface area (TPSA) is 0 Å². The van der Waals surface area contributed by atoms with Gasteiger partial charge in [-0.3, -0.25) is 0 Å². The minimum absolute atomic E-state index is 8.95. The zero-order valence-electron chi connectivity index (χ0n) is 2.47.